The molecule has 0 aliphatic carbocycles. The second-order valence-electron chi connectivity index (χ2n) is 5.41. The number of pyridine rings is 1. The number of aromatic nitrogens is 2. The second kappa shape index (κ2) is 7.17. The zero-order valence-electron chi connectivity index (χ0n) is 14.2. The summed E-state index contributed by atoms with van der Waals surface area (Å²) in [6, 6.07) is 11.3. The summed E-state index contributed by atoms with van der Waals surface area (Å²) in [5.74, 6) is 0.321. The number of nitrogens with zero attached hydrogens (tertiary/aromatic N) is 2. The molecule has 0 saturated heterocycles. The molecule has 3 aromatic rings. The minimum Gasteiger partial charge on any atom is -0.478 e. The largest absolute Gasteiger partial charge is 0.478 e. The van der Waals surface area contributed by atoms with Crippen LogP contribution in [0, 0.1) is 10.8 Å². The predicted octanol–water partition coefficient (Wildman–Crippen LogP) is 3.73. The fraction of sp³-hybridized carbons (Fsp3) is 0.211. The lowest BCUT2D eigenvalue weighted by atomic mass is 10.1. The number of ether oxygens (including phenoxy) is 2. The SMILES string of the molecule is CCOC(=N)c1ccc(-c2cn3cc(C(=N)OCC)ccc3n2)cc1. The summed E-state index contributed by atoms with van der Waals surface area (Å²) in [6.45, 7) is 4.66. The molecule has 6 heteroatoms. The molecular formula is C19H20N4O2. The van der Waals surface area contributed by atoms with Crippen LogP contribution in [0.2, 0.25) is 0 Å². The Kier molecular flexibility index (Phi) is 4.79. The molecule has 2 heterocycles. The smallest absolute Gasteiger partial charge is 0.214 e. The number of rotatable bonds is 5. The van der Waals surface area contributed by atoms with Crippen molar-refractivity contribution in [2.24, 2.45) is 0 Å². The van der Waals surface area contributed by atoms with E-state index in [0.717, 1.165) is 22.5 Å². The van der Waals surface area contributed by atoms with Gasteiger partial charge in [0.05, 0.1) is 24.5 Å². The molecule has 0 bridgehead atoms. The minimum absolute atomic E-state index is 0.151. The highest BCUT2D eigenvalue weighted by atomic mass is 16.5. The Bertz CT molecular complexity index is 913. The Morgan fingerprint density at radius 1 is 0.880 bits per heavy atom. The van der Waals surface area contributed by atoms with Crippen molar-refractivity contribution in [1.82, 2.24) is 9.38 Å². The van der Waals surface area contributed by atoms with Crippen LogP contribution in [0.25, 0.3) is 16.9 Å². The van der Waals surface area contributed by atoms with Gasteiger partial charge in [0.15, 0.2) is 0 Å². The monoisotopic (exact) mass is 336 g/mol. The van der Waals surface area contributed by atoms with E-state index in [1.165, 1.54) is 0 Å². The number of benzene rings is 1. The van der Waals surface area contributed by atoms with Gasteiger partial charge >= 0.3 is 0 Å². The molecule has 2 aromatic heterocycles. The molecule has 0 radical (unpaired) electrons. The van der Waals surface area contributed by atoms with E-state index >= 15 is 0 Å². The molecule has 2 N–H and O–H groups in total. The van der Waals surface area contributed by atoms with Gasteiger partial charge in [-0.15, -0.1) is 0 Å². The average Bonchev–Trinajstić information content (AvgIpc) is 3.05. The molecule has 0 aliphatic heterocycles. The van der Waals surface area contributed by atoms with Gasteiger partial charge in [-0.3, -0.25) is 10.8 Å². The molecule has 25 heavy (non-hydrogen) atoms. The maximum absolute atomic E-state index is 7.89. The van der Waals surface area contributed by atoms with Crippen LogP contribution in [-0.2, 0) is 9.47 Å². The highest BCUT2D eigenvalue weighted by Gasteiger charge is 2.09. The highest BCUT2D eigenvalue weighted by Crippen LogP contribution is 2.20. The highest BCUT2D eigenvalue weighted by molar-refractivity contribution is 5.92. The van der Waals surface area contributed by atoms with Crippen molar-refractivity contribution in [2.75, 3.05) is 13.2 Å². The molecule has 0 spiro atoms. The minimum atomic E-state index is 0.151. The summed E-state index contributed by atoms with van der Waals surface area (Å²) in [7, 11) is 0. The van der Waals surface area contributed by atoms with Gasteiger partial charge in [0.1, 0.15) is 5.65 Å². The molecule has 0 aliphatic rings. The van der Waals surface area contributed by atoms with Crippen molar-refractivity contribution in [1.29, 1.82) is 10.8 Å². The van der Waals surface area contributed by atoms with E-state index in [4.69, 9.17) is 20.3 Å². The van der Waals surface area contributed by atoms with Gasteiger partial charge in [-0.2, -0.15) is 0 Å². The van der Waals surface area contributed by atoms with Gasteiger partial charge in [-0.25, -0.2) is 4.98 Å². The lowest BCUT2D eigenvalue weighted by Crippen LogP contribution is -2.05. The van der Waals surface area contributed by atoms with E-state index < -0.39 is 0 Å². The Hall–Kier alpha value is -3.15. The van der Waals surface area contributed by atoms with Crippen molar-refractivity contribution in [3.8, 4) is 11.3 Å². The Balaban J connectivity index is 1.88. The van der Waals surface area contributed by atoms with Crippen LogP contribution in [0.1, 0.15) is 25.0 Å². The van der Waals surface area contributed by atoms with Crippen LogP contribution in [0.15, 0.2) is 48.8 Å². The van der Waals surface area contributed by atoms with E-state index in [9.17, 15) is 0 Å². The topological polar surface area (TPSA) is 83.5 Å². The van der Waals surface area contributed by atoms with Gasteiger partial charge in [0, 0.05) is 23.5 Å². The van der Waals surface area contributed by atoms with Crippen molar-refractivity contribution in [3.63, 3.8) is 0 Å². The van der Waals surface area contributed by atoms with E-state index in [1.54, 1.807) is 0 Å². The van der Waals surface area contributed by atoms with Crippen LogP contribution < -0.4 is 0 Å². The van der Waals surface area contributed by atoms with Crippen molar-refractivity contribution < 1.29 is 9.47 Å². The second-order valence-corrected chi connectivity index (χ2v) is 5.41. The first-order chi connectivity index (χ1) is 12.1. The van der Waals surface area contributed by atoms with E-state index in [2.05, 4.69) is 4.98 Å². The Morgan fingerprint density at radius 2 is 1.48 bits per heavy atom. The molecule has 0 atom stereocenters. The van der Waals surface area contributed by atoms with Gasteiger partial charge in [0.2, 0.25) is 11.8 Å². The number of fused-ring (bicyclic) bond motifs is 1. The molecule has 0 fully saturated rings. The summed E-state index contributed by atoms with van der Waals surface area (Å²) in [4.78, 5) is 4.61. The Labute approximate surface area is 146 Å². The van der Waals surface area contributed by atoms with Gasteiger partial charge in [0.25, 0.3) is 0 Å². The zero-order chi connectivity index (χ0) is 17.8. The third-order valence-electron chi connectivity index (χ3n) is 3.73. The van der Waals surface area contributed by atoms with Crippen molar-refractivity contribution >= 4 is 17.4 Å². The van der Waals surface area contributed by atoms with Crippen molar-refractivity contribution in [2.45, 2.75) is 13.8 Å². The number of hydrogen-bond donors (Lipinski definition) is 2. The summed E-state index contributed by atoms with van der Waals surface area (Å²) in [5, 5.41) is 15.7. The van der Waals surface area contributed by atoms with Crippen molar-refractivity contribution in [3.05, 3.63) is 59.9 Å². The van der Waals surface area contributed by atoms with Crippen LogP contribution in [0.5, 0.6) is 0 Å². The maximum Gasteiger partial charge on any atom is 0.214 e. The van der Waals surface area contributed by atoms with Gasteiger partial charge in [-0.1, -0.05) is 12.1 Å². The van der Waals surface area contributed by atoms with Gasteiger partial charge in [-0.05, 0) is 38.1 Å². The quantitative estimate of drug-likeness (QED) is 0.550. The third-order valence-corrected chi connectivity index (χ3v) is 3.73. The number of imidazole rings is 1. The molecular weight excluding hydrogens is 316 g/mol. The molecule has 0 unspecified atom stereocenters. The normalized spacial score (nSPS) is 10.6. The van der Waals surface area contributed by atoms with E-state index in [1.807, 2.05) is 67.0 Å². The number of nitrogens with one attached hydrogen (secondary N) is 2. The summed E-state index contributed by atoms with van der Waals surface area (Å²) in [6.07, 6.45) is 3.75. The first-order valence-electron chi connectivity index (χ1n) is 8.15. The maximum atomic E-state index is 7.89. The van der Waals surface area contributed by atoms with Crippen LogP contribution >= 0.6 is 0 Å². The fourth-order valence-corrected chi connectivity index (χ4v) is 2.51. The molecule has 0 amide bonds. The first-order valence-corrected chi connectivity index (χ1v) is 8.15. The van der Waals surface area contributed by atoms with E-state index in [0.29, 0.717) is 18.8 Å². The van der Waals surface area contributed by atoms with Gasteiger partial charge < -0.3 is 13.9 Å². The van der Waals surface area contributed by atoms with Crippen LogP contribution in [-0.4, -0.2) is 34.4 Å². The standard InChI is InChI=1S/C19H20N4O2/c1-3-24-18(20)14-7-5-13(6-8-14)16-12-23-11-15(19(21)25-4-2)9-10-17(23)22-16/h5-12,20-21H,3-4H2,1-2H3. The van der Waals surface area contributed by atoms with E-state index in [-0.39, 0.29) is 11.8 Å². The molecule has 3 rings (SSSR count). The zero-order valence-corrected chi connectivity index (χ0v) is 14.2. The molecule has 0 saturated carbocycles. The molecule has 6 nitrogen and oxygen atoms in total. The lowest BCUT2D eigenvalue weighted by molar-refractivity contribution is 0.325. The fourth-order valence-electron chi connectivity index (χ4n) is 2.51. The summed E-state index contributed by atoms with van der Waals surface area (Å²) >= 11 is 0. The van der Waals surface area contributed by atoms with Crippen LogP contribution in [0.4, 0.5) is 0 Å². The summed E-state index contributed by atoms with van der Waals surface area (Å²) < 4.78 is 12.3. The Morgan fingerprint density at radius 3 is 2.12 bits per heavy atom. The predicted molar refractivity (Wildman–Crippen MR) is 97.5 cm³/mol. The van der Waals surface area contributed by atoms with Crippen LogP contribution in [0.3, 0.4) is 0 Å². The molecule has 128 valence electrons. The third kappa shape index (κ3) is 3.52. The number of hydrogen-bond acceptors (Lipinski definition) is 5. The first kappa shape index (κ1) is 16.7. The average molecular weight is 336 g/mol. The molecule has 1 aromatic carbocycles. The lowest BCUT2D eigenvalue weighted by Gasteiger charge is -2.05. The summed E-state index contributed by atoms with van der Waals surface area (Å²) in [5.41, 5.74) is 4.03.